The molecule has 1 amide bonds. The Morgan fingerprint density at radius 1 is 1.03 bits per heavy atom. The van der Waals surface area contributed by atoms with Crippen LogP contribution in [-0.2, 0) is 10.0 Å². The Morgan fingerprint density at radius 2 is 1.65 bits per heavy atom. The molecule has 1 aliphatic heterocycles. The minimum atomic E-state index is -3.59. The summed E-state index contributed by atoms with van der Waals surface area (Å²) in [5.74, 6) is 1.06. The van der Waals surface area contributed by atoms with E-state index in [4.69, 9.17) is 13.9 Å². The average molecular weight is 487 g/mol. The lowest BCUT2D eigenvalue weighted by atomic mass is 10.0. The molecule has 1 saturated heterocycles. The van der Waals surface area contributed by atoms with E-state index >= 15 is 0 Å². The number of benzene rings is 2. The van der Waals surface area contributed by atoms with Crippen LogP contribution in [0.5, 0.6) is 11.5 Å². The highest BCUT2D eigenvalue weighted by Gasteiger charge is 2.28. The van der Waals surface area contributed by atoms with Crippen LogP contribution in [0.2, 0.25) is 0 Å². The van der Waals surface area contributed by atoms with E-state index in [0.29, 0.717) is 36.1 Å². The Hall–Kier alpha value is -3.44. The summed E-state index contributed by atoms with van der Waals surface area (Å²) in [6, 6.07) is 10.9. The summed E-state index contributed by atoms with van der Waals surface area (Å²) in [5, 5.41) is 10.4. The molecule has 34 heavy (non-hydrogen) atoms. The summed E-state index contributed by atoms with van der Waals surface area (Å²) >= 11 is 0. The number of carbonyl (C=O) groups excluding carboxylic acids is 1. The topological polar surface area (TPSA) is 124 Å². The first-order valence-corrected chi connectivity index (χ1v) is 12.2. The lowest BCUT2D eigenvalue weighted by molar-refractivity contribution is 0.102. The second-order valence-corrected chi connectivity index (χ2v) is 9.95. The molecule has 180 valence electrons. The van der Waals surface area contributed by atoms with Crippen LogP contribution < -0.4 is 14.8 Å². The number of ether oxygens (including phenoxy) is 2. The molecule has 1 fully saturated rings. The molecule has 2 heterocycles. The highest BCUT2D eigenvalue weighted by atomic mass is 32.2. The van der Waals surface area contributed by atoms with Gasteiger partial charge in [0, 0.05) is 18.7 Å². The zero-order valence-electron chi connectivity index (χ0n) is 19.1. The van der Waals surface area contributed by atoms with Gasteiger partial charge in [0.1, 0.15) is 17.1 Å². The average Bonchev–Trinajstić information content (AvgIpc) is 3.31. The lowest BCUT2D eigenvalue weighted by Crippen LogP contribution is -2.37. The molecule has 1 N–H and O–H groups in total. The van der Waals surface area contributed by atoms with Gasteiger partial charge in [0.15, 0.2) is 0 Å². The summed E-state index contributed by atoms with van der Waals surface area (Å²) in [5.41, 5.74) is 0.711. The minimum Gasteiger partial charge on any atom is -0.496 e. The van der Waals surface area contributed by atoms with Crippen LogP contribution >= 0.6 is 0 Å². The number of amides is 1. The number of sulfonamides is 1. The third-order valence-corrected chi connectivity index (χ3v) is 7.70. The number of carbonyl (C=O) groups is 1. The fourth-order valence-electron chi connectivity index (χ4n) is 3.76. The van der Waals surface area contributed by atoms with Gasteiger partial charge < -0.3 is 13.9 Å². The van der Waals surface area contributed by atoms with E-state index in [1.165, 1.54) is 42.8 Å². The molecule has 1 aromatic heterocycles. The Kier molecular flexibility index (Phi) is 6.85. The molecule has 10 nitrogen and oxygen atoms in total. The number of hydrogen-bond acceptors (Lipinski definition) is 8. The Morgan fingerprint density at radius 3 is 2.24 bits per heavy atom. The van der Waals surface area contributed by atoms with Crippen molar-refractivity contribution in [1.29, 1.82) is 0 Å². The Labute approximate surface area is 197 Å². The van der Waals surface area contributed by atoms with Gasteiger partial charge in [0.2, 0.25) is 10.0 Å². The van der Waals surface area contributed by atoms with Gasteiger partial charge in [-0.15, -0.1) is 5.10 Å². The first-order valence-electron chi connectivity index (χ1n) is 10.8. The van der Waals surface area contributed by atoms with E-state index in [1.54, 1.807) is 18.2 Å². The SMILES string of the molecule is COc1cccc(OC)c1-c1nnc(NC(=O)c2ccc(S(=O)(=O)N3CCC(C)CC3)cc2)o1. The standard InChI is InChI=1S/C23H26N4O6S/c1-15-11-13-27(14-12-15)34(29,30)17-9-7-16(8-10-17)21(28)24-23-26-25-22(33-23)20-18(31-2)5-4-6-19(20)32-3/h4-10,15H,11-14H2,1-3H3,(H,24,26,28). The third kappa shape index (κ3) is 4.75. The Bertz CT molecular complexity index is 1240. The highest BCUT2D eigenvalue weighted by Crippen LogP contribution is 2.37. The highest BCUT2D eigenvalue weighted by molar-refractivity contribution is 7.89. The smallest absolute Gasteiger partial charge is 0.322 e. The molecule has 0 saturated carbocycles. The zero-order chi connectivity index (χ0) is 24.3. The van der Waals surface area contributed by atoms with E-state index in [9.17, 15) is 13.2 Å². The van der Waals surface area contributed by atoms with Gasteiger partial charge in [-0.25, -0.2) is 8.42 Å². The zero-order valence-corrected chi connectivity index (χ0v) is 20.0. The fourth-order valence-corrected chi connectivity index (χ4v) is 5.23. The van der Waals surface area contributed by atoms with Crippen LogP contribution in [0, 0.1) is 5.92 Å². The molecular weight excluding hydrogens is 460 g/mol. The molecule has 2 aromatic carbocycles. The summed E-state index contributed by atoms with van der Waals surface area (Å²) in [4.78, 5) is 12.8. The summed E-state index contributed by atoms with van der Waals surface area (Å²) in [6.07, 6.45) is 1.68. The Balaban J connectivity index is 1.48. The van der Waals surface area contributed by atoms with Gasteiger partial charge in [0.25, 0.3) is 11.8 Å². The normalized spacial score (nSPS) is 15.1. The molecule has 4 rings (SSSR count). The van der Waals surface area contributed by atoms with Crippen molar-refractivity contribution >= 4 is 21.9 Å². The monoisotopic (exact) mass is 486 g/mol. The van der Waals surface area contributed by atoms with E-state index in [1.807, 2.05) is 0 Å². The van der Waals surface area contributed by atoms with Crippen molar-refractivity contribution in [1.82, 2.24) is 14.5 Å². The van der Waals surface area contributed by atoms with Gasteiger partial charge >= 0.3 is 6.01 Å². The molecule has 0 bridgehead atoms. The van der Waals surface area contributed by atoms with Crippen molar-refractivity contribution in [2.75, 3.05) is 32.6 Å². The molecule has 1 aliphatic rings. The summed E-state index contributed by atoms with van der Waals surface area (Å²) in [6.45, 7) is 3.13. The maximum Gasteiger partial charge on any atom is 0.322 e. The van der Waals surface area contributed by atoms with Crippen molar-refractivity contribution in [3.8, 4) is 23.0 Å². The number of aromatic nitrogens is 2. The fraction of sp³-hybridized carbons (Fsp3) is 0.348. The molecular formula is C23H26N4O6S. The number of piperidine rings is 1. The van der Waals surface area contributed by atoms with E-state index in [0.717, 1.165) is 12.8 Å². The van der Waals surface area contributed by atoms with Crippen LogP contribution in [0.3, 0.4) is 0 Å². The molecule has 0 radical (unpaired) electrons. The quantitative estimate of drug-likeness (QED) is 0.539. The summed E-state index contributed by atoms with van der Waals surface area (Å²) in [7, 11) is -0.576. The van der Waals surface area contributed by atoms with Gasteiger partial charge in [-0.2, -0.15) is 4.31 Å². The molecule has 3 aromatic rings. The van der Waals surface area contributed by atoms with Crippen LogP contribution in [0.25, 0.3) is 11.5 Å². The second-order valence-electron chi connectivity index (χ2n) is 8.02. The lowest BCUT2D eigenvalue weighted by Gasteiger charge is -2.29. The van der Waals surface area contributed by atoms with Gasteiger partial charge in [-0.05, 0) is 55.2 Å². The van der Waals surface area contributed by atoms with Crippen LogP contribution in [0.15, 0.2) is 51.8 Å². The first kappa shape index (κ1) is 23.7. The van der Waals surface area contributed by atoms with Crippen molar-refractivity contribution in [3.05, 3.63) is 48.0 Å². The van der Waals surface area contributed by atoms with Crippen molar-refractivity contribution in [3.63, 3.8) is 0 Å². The van der Waals surface area contributed by atoms with Crippen molar-refractivity contribution < 1.29 is 27.1 Å². The van der Waals surface area contributed by atoms with Gasteiger partial charge in [-0.1, -0.05) is 18.1 Å². The van der Waals surface area contributed by atoms with Crippen molar-refractivity contribution in [2.45, 2.75) is 24.7 Å². The van der Waals surface area contributed by atoms with E-state index in [-0.39, 0.29) is 22.4 Å². The molecule has 11 heteroatoms. The molecule has 0 unspecified atom stereocenters. The molecule has 0 spiro atoms. The maximum atomic E-state index is 12.9. The number of anilines is 1. The number of rotatable bonds is 7. The molecule has 0 atom stereocenters. The minimum absolute atomic E-state index is 0.113. The van der Waals surface area contributed by atoms with Crippen LogP contribution in [0.4, 0.5) is 6.01 Å². The van der Waals surface area contributed by atoms with Gasteiger partial charge in [-0.3, -0.25) is 10.1 Å². The van der Waals surface area contributed by atoms with Crippen LogP contribution in [0.1, 0.15) is 30.1 Å². The van der Waals surface area contributed by atoms with Gasteiger partial charge in [0.05, 0.1) is 19.1 Å². The summed E-state index contributed by atoms with van der Waals surface area (Å²) < 4.78 is 43.5. The largest absolute Gasteiger partial charge is 0.496 e. The predicted octanol–water partition coefficient (Wildman–Crippen LogP) is 3.43. The number of hydrogen-bond donors (Lipinski definition) is 1. The third-order valence-electron chi connectivity index (χ3n) is 5.78. The number of nitrogens with zero attached hydrogens (tertiary/aromatic N) is 3. The maximum absolute atomic E-state index is 12.9. The van der Waals surface area contributed by atoms with Crippen LogP contribution in [-0.4, -0.2) is 56.1 Å². The first-order chi connectivity index (χ1) is 16.3. The number of nitrogens with one attached hydrogen (secondary N) is 1. The van der Waals surface area contributed by atoms with Crippen molar-refractivity contribution in [2.24, 2.45) is 5.92 Å². The van der Waals surface area contributed by atoms with E-state index < -0.39 is 15.9 Å². The number of methoxy groups -OCH3 is 2. The predicted molar refractivity (Wildman–Crippen MR) is 124 cm³/mol. The second kappa shape index (κ2) is 9.82. The van der Waals surface area contributed by atoms with E-state index in [2.05, 4.69) is 22.4 Å². The molecule has 0 aliphatic carbocycles.